The number of carbonyl (C=O) groups excluding carboxylic acids is 2. The van der Waals surface area contributed by atoms with Crippen molar-refractivity contribution < 1.29 is 14.3 Å². The minimum atomic E-state index is -0.0996. The molecule has 1 saturated heterocycles. The highest BCUT2D eigenvalue weighted by Crippen LogP contribution is 2.44. The first-order chi connectivity index (χ1) is 22.7. The molecule has 2 amide bonds. The number of amides is 2. The van der Waals surface area contributed by atoms with E-state index in [0.29, 0.717) is 18.3 Å². The average Bonchev–Trinajstić information content (AvgIpc) is 3.69. The van der Waals surface area contributed by atoms with E-state index in [4.69, 9.17) is 4.74 Å². The summed E-state index contributed by atoms with van der Waals surface area (Å²) in [5.74, 6) is 0.443. The predicted molar refractivity (Wildman–Crippen MR) is 208 cm³/mol. The summed E-state index contributed by atoms with van der Waals surface area (Å²) in [5.41, 5.74) is 0.557. The highest BCUT2D eigenvalue weighted by atomic mass is 16.5. The summed E-state index contributed by atoms with van der Waals surface area (Å²) in [6.07, 6.45) is 19.4. The van der Waals surface area contributed by atoms with Gasteiger partial charge in [-0.25, -0.2) is 0 Å². The SMILES string of the molecule is C.C1CCOC1.CCN(CC)C(=O)CC1(CC(=O)N(CC)CC)CCCCC1.CCN(CC)CCC1(CCN(CC)CC)CCCCC1. The van der Waals surface area contributed by atoms with E-state index in [1.165, 1.54) is 103 Å². The molecule has 0 N–H and O–H groups in total. The number of hydrogen-bond donors (Lipinski definition) is 0. The highest BCUT2D eigenvalue weighted by molar-refractivity contribution is 5.80. The van der Waals surface area contributed by atoms with E-state index in [1.54, 1.807) is 0 Å². The number of hydrogen-bond acceptors (Lipinski definition) is 5. The van der Waals surface area contributed by atoms with Crippen molar-refractivity contribution in [3.63, 3.8) is 0 Å². The van der Waals surface area contributed by atoms with Crippen LogP contribution in [0.5, 0.6) is 0 Å². The first-order valence-electron chi connectivity index (χ1n) is 20.3. The lowest BCUT2D eigenvalue weighted by atomic mass is 9.69. The summed E-state index contributed by atoms with van der Waals surface area (Å²) in [6, 6.07) is 0. The Labute approximate surface area is 300 Å². The summed E-state index contributed by atoms with van der Waals surface area (Å²) in [6.45, 7) is 29.8. The molecule has 1 aliphatic heterocycles. The van der Waals surface area contributed by atoms with E-state index >= 15 is 0 Å². The Hall–Kier alpha value is -1.18. The number of ether oxygens (including phenoxy) is 1. The van der Waals surface area contributed by atoms with Gasteiger partial charge in [-0.3, -0.25) is 9.59 Å². The van der Waals surface area contributed by atoms with Crippen LogP contribution in [0.4, 0.5) is 0 Å². The van der Waals surface area contributed by atoms with Crippen LogP contribution in [0.3, 0.4) is 0 Å². The molecule has 48 heavy (non-hydrogen) atoms. The second kappa shape index (κ2) is 27.5. The van der Waals surface area contributed by atoms with E-state index in [-0.39, 0.29) is 24.7 Å². The molecule has 0 aromatic carbocycles. The van der Waals surface area contributed by atoms with Crippen molar-refractivity contribution in [2.75, 3.05) is 78.7 Å². The maximum absolute atomic E-state index is 12.6. The molecule has 2 aliphatic carbocycles. The Morgan fingerprint density at radius 2 is 0.812 bits per heavy atom. The number of rotatable bonds is 18. The molecule has 7 heteroatoms. The van der Waals surface area contributed by atoms with E-state index in [2.05, 4.69) is 37.5 Å². The lowest BCUT2D eigenvalue weighted by Gasteiger charge is -2.40. The molecule has 0 unspecified atom stereocenters. The Morgan fingerprint density at radius 3 is 1.08 bits per heavy atom. The molecule has 286 valence electrons. The second-order valence-corrected chi connectivity index (χ2v) is 14.5. The van der Waals surface area contributed by atoms with Gasteiger partial charge in [0.05, 0.1) is 0 Å². The predicted octanol–water partition coefficient (Wildman–Crippen LogP) is 9.29. The maximum Gasteiger partial charge on any atom is 0.223 e. The fourth-order valence-electron chi connectivity index (χ4n) is 8.04. The monoisotopic (exact) mass is 681 g/mol. The molecular weight excluding hydrogens is 596 g/mol. The zero-order valence-electron chi connectivity index (χ0n) is 32.8. The van der Waals surface area contributed by atoms with Crippen LogP contribution in [0.25, 0.3) is 0 Å². The van der Waals surface area contributed by atoms with E-state index in [1.807, 2.05) is 37.5 Å². The van der Waals surface area contributed by atoms with Crippen molar-refractivity contribution in [2.45, 2.75) is 166 Å². The van der Waals surface area contributed by atoms with Crippen molar-refractivity contribution in [1.82, 2.24) is 19.6 Å². The lowest BCUT2D eigenvalue weighted by Crippen LogP contribution is -2.41. The molecule has 0 radical (unpaired) electrons. The molecule has 0 aromatic rings. The largest absolute Gasteiger partial charge is 0.381 e. The maximum atomic E-state index is 12.6. The van der Waals surface area contributed by atoms with Crippen molar-refractivity contribution >= 4 is 11.8 Å². The van der Waals surface area contributed by atoms with Gasteiger partial charge in [0.2, 0.25) is 11.8 Å². The molecule has 3 fully saturated rings. The topological polar surface area (TPSA) is 56.3 Å². The van der Waals surface area contributed by atoms with Crippen molar-refractivity contribution in [1.29, 1.82) is 0 Å². The summed E-state index contributed by atoms with van der Waals surface area (Å²) >= 11 is 0. The third-order valence-electron chi connectivity index (χ3n) is 11.6. The molecular formula is C41H84N4O3. The molecule has 3 aliphatic rings. The zero-order chi connectivity index (χ0) is 35.0. The quantitative estimate of drug-likeness (QED) is 0.144. The Morgan fingerprint density at radius 1 is 0.479 bits per heavy atom. The van der Waals surface area contributed by atoms with Crippen LogP contribution in [0.2, 0.25) is 0 Å². The normalized spacial score (nSPS) is 18.2. The molecule has 0 atom stereocenters. The van der Waals surface area contributed by atoms with Crippen molar-refractivity contribution in [2.24, 2.45) is 10.8 Å². The molecule has 7 nitrogen and oxygen atoms in total. The van der Waals surface area contributed by atoms with Gasteiger partial charge in [-0.15, -0.1) is 0 Å². The van der Waals surface area contributed by atoms with Gasteiger partial charge in [-0.05, 0) is 129 Å². The molecule has 2 saturated carbocycles. The Kier molecular flexibility index (Phi) is 26.9. The van der Waals surface area contributed by atoms with Gasteiger partial charge in [0, 0.05) is 52.2 Å². The van der Waals surface area contributed by atoms with Crippen LogP contribution >= 0.6 is 0 Å². The van der Waals surface area contributed by atoms with Gasteiger partial charge in [-0.2, -0.15) is 0 Å². The number of nitrogens with zero attached hydrogens (tertiary/aromatic N) is 4. The third kappa shape index (κ3) is 17.7. The van der Waals surface area contributed by atoms with Gasteiger partial charge in [0.1, 0.15) is 0 Å². The minimum absolute atomic E-state index is 0. The highest BCUT2D eigenvalue weighted by Gasteiger charge is 2.38. The number of carbonyl (C=O) groups is 2. The van der Waals surface area contributed by atoms with Crippen LogP contribution in [-0.2, 0) is 14.3 Å². The summed E-state index contributed by atoms with van der Waals surface area (Å²) in [4.78, 5) is 34.2. The van der Waals surface area contributed by atoms with Gasteiger partial charge < -0.3 is 24.3 Å². The van der Waals surface area contributed by atoms with Crippen LogP contribution in [0.1, 0.15) is 166 Å². The van der Waals surface area contributed by atoms with E-state index in [0.717, 1.165) is 65.1 Å². The average molecular weight is 681 g/mol. The van der Waals surface area contributed by atoms with Gasteiger partial charge >= 0.3 is 0 Å². The van der Waals surface area contributed by atoms with E-state index in [9.17, 15) is 9.59 Å². The van der Waals surface area contributed by atoms with Crippen LogP contribution in [0.15, 0.2) is 0 Å². The fraction of sp³-hybridized carbons (Fsp3) is 0.951. The van der Waals surface area contributed by atoms with Crippen LogP contribution < -0.4 is 0 Å². The lowest BCUT2D eigenvalue weighted by molar-refractivity contribution is -0.138. The first-order valence-corrected chi connectivity index (χ1v) is 20.3. The first kappa shape index (κ1) is 46.8. The van der Waals surface area contributed by atoms with Crippen LogP contribution in [0, 0.1) is 10.8 Å². The van der Waals surface area contributed by atoms with Crippen molar-refractivity contribution in [3.8, 4) is 0 Å². The molecule has 0 aromatic heterocycles. The Bertz CT molecular complexity index is 721. The third-order valence-corrected chi connectivity index (χ3v) is 11.6. The molecule has 0 spiro atoms. The van der Waals surface area contributed by atoms with Gasteiger partial charge in [0.25, 0.3) is 0 Å². The van der Waals surface area contributed by atoms with Crippen molar-refractivity contribution in [3.05, 3.63) is 0 Å². The van der Waals surface area contributed by atoms with Gasteiger partial charge in [-0.1, -0.05) is 73.6 Å². The summed E-state index contributed by atoms with van der Waals surface area (Å²) in [5, 5.41) is 0. The standard InChI is InChI=1S/C18H34N2O2.C18H38N2.C4H8O.CH4/c1-5-19(6-2)16(21)14-18(12-10-9-11-13-18)15-17(22)20(7-3)8-4;1-5-19(6-2)16-14-18(12-10-9-11-13-18)15-17-20(7-3)8-4;1-2-4-5-3-1;/h5-15H2,1-4H3;5-17H2,1-4H3;1-4H2;1H4. The Balaban J connectivity index is 0.000000788. The molecule has 3 rings (SSSR count). The summed E-state index contributed by atoms with van der Waals surface area (Å²) in [7, 11) is 0. The fourth-order valence-corrected chi connectivity index (χ4v) is 8.04. The van der Waals surface area contributed by atoms with E-state index < -0.39 is 0 Å². The summed E-state index contributed by atoms with van der Waals surface area (Å²) < 4.78 is 4.94. The van der Waals surface area contributed by atoms with Gasteiger partial charge in [0.15, 0.2) is 0 Å². The molecule has 0 bridgehead atoms. The van der Waals surface area contributed by atoms with Crippen LogP contribution in [-0.4, -0.2) is 110 Å². The smallest absolute Gasteiger partial charge is 0.223 e. The minimum Gasteiger partial charge on any atom is -0.381 e. The second-order valence-electron chi connectivity index (χ2n) is 14.5. The molecule has 1 heterocycles. The zero-order valence-corrected chi connectivity index (χ0v) is 32.8.